The van der Waals surface area contributed by atoms with Crippen molar-refractivity contribution in [1.29, 1.82) is 0 Å². The van der Waals surface area contributed by atoms with Gasteiger partial charge in [-0.1, -0.05) is 44.2 Å². The standard InChI is InChI=1S/C18H29NO/c1-15(19-11-9-16-10-12-20-14-16)13-18(2,3)17-7-5-4-6-8-17/h4-8,15-16,19H,9-14H2,1-3H3. The summed E-state index contributed by atoms with van der Waals surface area (Å²) in [7, 11) is 0. The van der Waals surface area contributed by atoms with Gasteiger partial charge in [0.1, 0.15) is 0 Å². The van der Waals surface area contributed by atoms with Crippen LogP contribution in [0.15, 0.2) is 30.3 Å². The van der Waals surface area contributed by atoms with Crippen molar-refractivity contribution in [3.05, 3.63) is 35.9 Å². The van der Waals surface area contributed by atoms with Crippen LogP contribution >= 0.6 is 0 Å². The summed E-state index contributed by atoms with van der Waals surface area (Å²) in [5, 5.41) is 3.68. The van der Waals surface area contributed by atoms with Crippen molar-refractivity contribution in [2.24, 2.45) is 5.92 Å². The van der Waals surface area contributed by atoms with E-state index in [0.29, 0.717) is 6.04 Å². The van der Waals surface area contributed by atoms with Gasteiger partial charge >= 0.3 is 0 Å². The first kappa shape index (κ1) is 15.5. The van der Waals surface area contributed by atoms with E-state index in [-0.39, 0.29) is 5.41 Å². The summed E-state index contributed by atoms with van der Waals surface area (Å²) in [5.74, 6) is 0.775. The molecule has 0 saturated carbocycles. The van der Waals surface area contributed by atoms with Gasteiger partial charge in [0.2, 0.25) is 0 Å². The summed E-state index contributed by atoms with van der Waals surface area (Å²) in [6, 6.07) is 11.4. The van der Waals surface area contributed by atoms with E-state index in [9.17, 15) is 0 Å². The lowest BCUT2D eigenvalue weighted by Gasteiger charge is -2.29. The highest BCUT2D eigenvalue weighted by molar-refractivity contribution is 5.23. The Balaban J connectivity index is 1.74. The highest BCUT2D eigenvalue weighted by atomic mass is 16.5. The molecule has 0 radical (unpaired) electrons. The summed E-state index contributed by atoms with van der Waals surface area (Å²) in [6.07, 6.45) is 3.65. The Morgan fingerprint density at radius 2 is 2.05 bits per heavy atom. The molecule has 2 heteroatoms. The fourth-order valence-corrected chi connectivity index (χ4v) is 3.19. The van der Waals surface area contributed by atoms with E-state index in [1.165, 1.54) is 18.4 Å². The first-order chi connectivity index (χ1) is 9.58. The van der Waals surface area contributed by atoms with Crippen LogP contribution in [0, 0.1) is 5.92 Å². The lowest BCUT2D eigenvalue weighted by molar-refractivity contribution is 0.184. The van der Waals surface area contributed by atoms with Crippen molar-refractivity contribution in [3.8, 4) is 0 Å². The van der Waals surface area contributed by atoms with E-state index in [1.54, 1.807) is 0 Å². The third-order valence-corrected chi connectivity index (χ3v) is 4.44. The molecular weight excluding hydrogens is 246 g/mol. The lowest BCUT2D eigenvalue weighted by atomic mass is 9.79. The van der Waals surface area contributed by atoms with E-state index in [2.05, 4.69) is 56.4 Å². The van der Waals surface area contributed by atoms with Crippen molar-refractivity contribution >= 4 is 0 Å². The monoisotopic (exact) mass is 275 g/mol. The van der Waals surface area contributed by atoms with Gasteiger partial charge in [0.15, 0.2) is 0 Å². The van der Waals surface area contributed by atoms with Crippen molar-refractivity contribution in [2.45, 2.75) is 51.5 Å². The summed E-state index contributed by atoms with van der Waals surface area (Å²) >= 11 is 0. The predicted octanol–water partition coefficient (Wildman–Crippen LogP) is 3.76. The van der Waals surface area contributed by atoms with Crippen LogP contribution in [-0.4, -0.2) is 25.8 Å². The molecule has 1 fully saturated rings. The molecular formula is C18H29NO. The highest BCUT2D eigenvalue weighted by Crippen LogP contribution is 2.28. The van der Waals surface area contributed by atoms with Crippen LogP contribution in [0.2, 0.25) is 0 Å². The van der Waals surface area contributed by atoms with Crippen LogP contribution in [0.5, 0.6) is 0 Å². The van der Waals surface area contributed by atoms with Crippen LogP contribution in [0.3, 0.4) is 0 Å². The SMILES string of the molecule is CC(CC(C)(C)c1ccccc1)NCCC1CCOC1. The van der Waals surface area contributed by atoms with Gasteiger partial charge in [0.25, 0.3) is 0 Å². The molecule has 1 aliphatic heterocycles. The molecule has 20 heavy (non-hydrogen) atoms. The second-order valence-electron chi connectivity index (χ2n) is 6.83. The topological polar surface area (TPSA) is 21.3 Å². The number of hydrogen-bond donors (Lipinski definition) is 1. The minimum Gasteiger partial charge on any atom is -0.381 e. The zero-order valence-electron chi connectivity index (χ0n) is 13.2. The summed E-state index contributed by atoms with van der Waals surface area (Å²) in [6.45, 7) is 10.0. The molecule has 1 saturated heterocycles. The molecule has 1 N–H and O–H groups in total. The molecule has 2 rings (SSSR count). The fraction of sp³-hybridized carbons (Fsp3) is 0.667. The number of ether oxygens (including phenoxy) is 1. The van der Waals surface area contributed by atoms with Crippen LogP contribution in [0.4, 0.5) is 0 Å². The zero-order valence-corrected chi connectivity index (χ0v) is 13.2. The normalized spacial score (nSPS) is 21.1. The van der Waals surface area contributed by atoms with E-state index in [0.717, 1.165) is 32.1 Å². The van der Waals surface area contributed by atoms with Crippen LogP contribution in [0.25, 0.3) is 0 Å². The molecule has 1 aliphatic rings. The number of rotatable bonds is 7. The van der Waals surface area contributed by atoms with Gasteiger partial charge in [0.05, 0.1) is 0 Å². The van der Waals surface area contributed by atoms with Crippen molar-refractivity contribution < 1.29 is 4.74 Å². The van der Waals surface area contributed by atoms with Crippen LogP contribution in [0.1, 0.15) is 45.6 Å². The highest BCUT2D eigenvalue weighted by Gasteiger charge is 2.23. The molecule has 1 heterocycles. The first-order valence-electron chi connectivity index (χ1n) is 7.94. The third kappa shape index (κ3) is 4.60. The molecule has 0 aromatic heterocycles. The zero-order chi connectivity index (χ0) is 14.4. The average molecular weight is 275 g/mol. The van der Waals surface area contributed by atoms with Gasteiger partial charge < -0.3 is 10.1 Å². The molecule has 2 unspecified atom stereocenters. The summed E-state index contributed by atoms with van der Waals surface area (Å²) in [5.41, 5.74) is 1.65. The maximum Gasteiger partial charge on any atom is 0.0495 e. The fourth-order valence-electron chi connectivity index (χ4n) is 3.19. The van der Waals surface area contributed by atoms with Gasteiger partial charge in [-0.25, -0.2) is 0 Å². The first-order valence-corrected chi connectivity index (χ1v) is 7.94. The summed E-state index contributed by atoms with van der Waals surface area (Å²) in [4.78, 5) is 0. The second-order valence-corrected chi connectivity index (χ2v) is 6.83. The van der Waals surface area contributed by atoms with Gasteiger partial charge in [-0.2, -0.15) is 0 Å². The van der Waals surface area contributed by atoms with Crippen molar-refractivity contribution in [2.75, 3.05) is 19.8 Å². The minimum absolute atomic E-state index is 0.226. The largest absolute Gasteiger partial charge is 0.381 e. The third-order valence-electron chi connectivity index (χ3n) is 4.44. The minimum atomic E-state index is 0.226. The van der Waals surface area contributed by atoms with Gasteiger partial charge in [-0.3, -0.25) is 0 Å². The molecule has 1 aromatic carbocycles. The predicted molar refractivity (Wildman–Crippen MR) is 85.1 cm³/mol. The van der Waals surface area contributed by atoms with Crippen LogP contribution < -0.4 is 5.32 Å². The van der Waals surface area contributed by atoms with E-state index < -0.39 is 0 Å². The quantitative estimate of drug-likeness (QED) is 0.818. The number of nitrogens with one attached hydrogen (secondary N) is 1. The van der Waals surface area contributed by atoms with E-state index in [1.807, 2.05) is 0 Å². The Morgan fingerprint density at radius 1 is 1.30 bits per heavy atom. The maximum atomic E-state index is 5.43. The van der Waals surface area contributed by atoms with Gasteiger partial charge in [0, 0.05) is 19.3 Å². The Morgan fingerprint density at radius 3 is 2.70 bits per heavy atom. The van der Waals surface area contributed by atoms with E-state index in [4.69, 9.17) is 4.74 Å². The Kier molecular flexibility index (Phi) is 5.62. The smallest absolute Gasteiger partial charge is 0.0495 e. The number of hydrogen-bond acceptors (Lipinski definition) is 2. The molecule has 0 aliphatic carbocycles. The molecule has 0 amide bonds. The molecule has 112 valence electrons. The second kappa shape index (κ2) is 7.24. The van der Waals surface area contributed by atoms with Gasteiger partial charge in [-0.15, -0.1) is 0 Å². The van der Waals surface area contributed by atoms with Gasteiger partial charge in [-0.05, 0) is 49.6 Å². The molecule has 2 nitrogen and oxygen atoms in total. The molecule has 0 spiro atoms. The number of benzene rings is 1. The Labute approximate surface area is 123 Å². The molecule has 0 bridgehead atoms. The summed E-state index contributed by atoms with van der Waals surface area (Å²) < 4.78 is 5.43. The molecule has 1 aromatic rings. The Bertz CT molecular complexity index is 382. The van der Waals surface area contributed by atoms with Crippen molar-refractivity contribution in [3.63, 3.8) is 0 Å². The maximum absolute atomic E-state index is 5.43. The Hall–Kier alpha value is -0.860. The van der Waals surface area contributed by atoms with E-state index >= 15 is 0 Å². The average Bonchev–Trinajstić information content (AvgIpc) is 2.92. The molecule has 2 atom stereocenters. The lowest BCUT2D eigenvalue weighted by Crippen LogP contribution is -2.34. The van der Waals surface area contributed by atoms with Crippen molar-refractivity contribution in [1.82, 2.24) is 5.32 Å². The van der Waals surface area contributed by atoms with Crippen LogP contribution in [-0.2, 0) is 10.2 Å².